The number of pyridine rings is 1. The molecule has 6 rings (SSSR count). The summed E-state index contributed by atoms with van der Waals surface area (Å²) in [5.41, 5.74) is 2.87. The Kier molecular flexibility index (Phi) is 5.64. The van der Waals surface area contributed by atoms with Crippen molar-refractivity contribution in [2.75, 3.05) is 31.1 Å². The van der Waals surface area contributed by atoms with Crippen LogP contribution in [0.2, 0.25) is 0 Å². The van der Waals surface area contributed by atoms with Gasteiger partial charge in [0.1, 0.15) is 5.82 Å². The summed E-state index contributed by atoms with van der Waals surface area (Å²) in [6, 6.07) is 22.0. The van der Waals surface area contributed by atoms with Crippen LogP contribution in [0.4, 0.5) is 5.82 Å². The normalized spacial score (nSPS) is 15.4. The minimum atomic E-state index is 0.0386. The van der Waals surface area contributed by atoms with E-state index >= 15 is 0 Å². The lowest BCUT2D eigenvalue weighted by Gasteiger charge is -2.37. The van der Waals surface area contributed by atoms with Crippen LogP contribution >= 0.6 is 0 Å². The minimum absolute atomic E-state index is 0.0386. The molecule has 5 aromatic rings. The maximum absolute atomic E-state index is 5.63. The lowest BCUT2D eigenvalue weighted by molar-refractivity contribution is 0.164. The Labute approximate surface area is 203 Å². The summed E-state index contributed by atoms with van der Waals surface area (Å²) >= 11 is 0. The van der Waals surface area contributed by atoms with Crippen LogP contribution in [-0.2, 0) is 0 Å². The molecule has 3 aromatic heterocycles. The van der Waals surface area contributed by atoms with Gasteiger partial charge in [0.2, 0.25) is 11.7 Å². The lowest BCUT2D eigenvalue weighted by Crippen LogP contribution is -2.47. The molecule has 1 saturated heterocycles. The molecule has 1 aliphatic heterocycles. The molecular weight excluding hydrogens is 438 g/mol. The second kappa shape index (κ2) is 9.23. The van der Waals surface area contributed by atoms with E-state index in [4.69, 9.17) is 14.5 Å². The summed E-state index contributed by atoms with van der Waals surface area (Å²) < 4.78 is 5.63. The molecule has 1 fully saturated rings. The number of hydrogen-bond acceptors (Lipinski definition) is 8. The first-order valence-corrected chi connectivity index (χ1v) is 11.8. The summed E-state index contributed by atoms with van der Waals surface area (Å²) in [7, 11) is 0. The van der Waals surface area contributed by atoms with Crippen molar-refractivity contribution in [3.05, 3.63) is 85.0 Å². The first kappa shape index (κ1) is 21.4. The van der Waals surface area contributed by atoms with E-state index < -0.39 is 0 Å². The molecule has 1 unspecified atom stereocenters. The summed E-state index contributed by atoms with van der Waals surface area (Å²) in [5, 5.41) is 5.26. The summed E-state index contributed by atoms with van der Waals surface area (Å²) in [6.07, 6.45) is 3.54. The Morgan fingerprint density at radius 3 is 2.26 bits per heavy atom. The molecule has 0 spiro atoms. The average molecular weight is 464 g/mol. The molecule has 0 bridgehead atoms. The molecule has 2 aromatic carbocycles. The monoisotopic (exact) mass is 463 g/mol. The minimum Gasteiger partial charge on any atom is -0.353 e. The second-order valence-electron chi connectivity index (χ2n) is 8.65. The molecular formula is C27H25N7O. The van der Waals surface area contributed by atoms with Gasteiger partial charge in [0, 0.05) is 55.1 Å². The predicted molar refractivity (Wildman–Crippen MR) is 135 cm³/mol. The number of anilines is 1. The average Bonchev–Trinajstić information content (AvgIpc) is 3.44. The van der Waals surface area contributed by atoms with Gasteiger partial charge in [0.15, 0.2) is 5.82 Å². The number of piperazine rings is 1. The van der Waals surface area contributed by atoms with Crippen LogP contribution in [0.15, 0.2) is 83.6 Å². The Bertz CT molecular complexity index is 1430. The number of benzene rings is 2. The highest BCUT2D eigenvalue weighted by Gasteiger charge is 2.27. The molecule has 0 saturated carbocycles. The zero-order valence-electron chi connectivity index (χ0n) is 19.5. The van der Waals surface area contributed by atoms with Gasteiger partial charge in [-0.25, -0.2) is 9.97 Å². The third kappa shape index (κ3) is 4.24. The van der Waals surface area contributed by atoms with Crippen molar-refractivity contribution in [1.29, 1.82) is 0 Å². The first-order valence-electron chi connectivity index (χ1n) is 11.8. The zero-order valence-corrected chi connectivity index (χ0v) is 19.5. The van der Waals surface area contributed by atoms with Crippen molar-refractivity contribution in [1.82, 2.24) is 30.0 Å². The van der Waals surface area contributed by atoms with E-state index in [9.17, 15) is 0 Å². The van der Waals surface area contributed by atoms with E-state index in [0.717, 1.165) is 59.9 Å². The largest absolute Gasteiger partial charge is 0.353 e. The van der Waals surface area contributed by atoms with Crippen molar-refractivity contribution in [2.45, 2.75) is 13.0 Å². The fourth-order valence-electron chi connectivity index (χ4n) is 4.52. The maximum atomic E-state index is 5.63. The molecule has 8 heteroatoms. The summed E-state index contributed by atoms with van der Waals surface area (Å²) in [4.78, 5) is 23.3. The Hall–Kier alpha value is -4.17. The molecule has 4 heterocycles. The molecule has 1 atom stereocenters. The standard InChI is InChI=1S/C27H25N7O/c1-19(27-31-25(32-35-27)20-7-3-2-4-8-20)33-15-17-34(18-16-33)26-22-9-5-6-10-23(22)29-24(30-26)21-11-13-28-14-12-21/h2-14,19H,15-18H2,1H3. The third-order valence-corrected chi connectivity index (χ3v) is 6.51. The van der Waals surface area contributed by atoms with Gasteiger partial charge in [-0.1, -0.05) is 47.6 Å². The molecule has 8 nitrogen and oxygen atoms in total. The second-order valence-corrected chi connectivity index (χ2v) is 8.65. The molecule has 1 aliphatic rings. The van der Waals surface area contributed by atoms with E-state index in [0.29, 0.717) is 11.7 Å². The molecule has 0 amide bonds. The van der Waals surface area contributed by atoms with Crippen LogP contribution in [-0.4, -0.2) is 56.2 Å². The van der Waals surface area contributed by atoms with Crippen LogP contribution < -0.4 is 4.90 Å². The highest BCUT2D eigenvalue weighted by molar-refractivity contribution is 5.91. The van der Waals surface area contributed by atoms with Crippen molar-refractivity contribution < 1.29 is 4.52 Å². The number of aromatic nitrogens is 5. The van der Waals surface area contributed by atoms with Gasteiger partial charge in [-0.05, 0) is 31.2 Å². The van der Waals surface area contributed by atoms with Crippen molar-refractivity contribution in [2.24, 2.45) is 0 Å². The predicted octanol–water partition coefficient (Wildman–Crippen LogP) is 4.63. The maximum Gasteiger partial charge on any atom is 0.244 e. The topological polar surface area (TPSA) is 84.1 Å². The Morgan fingerprint density at radius 1 is 0.743 bits per heavy atom. The van der Waals surface area contributed by atoms with Crippen LogP contribution in [0.3, 0.4) is 0 Å². The molecule has 0 radical (unpaired) electrons. The van der Waals surface area contributed by atoms with Crippen LogP contribution in [0, 0.1) is 0 Å². The molecule has 174 valence electrons. The van der Waals surface area contributed by atoms with Crippen LogP contribution in [0.25, 0.3) is 33.7 Å². The summed E-state index contributed by atoms with van der Waals surface area (Å²) in [5.74, 6) is 2.96. The van der Waals surface area contributed by atoms with Crippen molar-refractivity contribution in [3.8, 4) is 22.8 Å². The van der Waals surface area contributed by atoms with Crippen molar-refractivity contribution in [3.63, 3.8) is 0 Å². The number of fused-ring (bicyclic) bond motifs is 1. The Balaban J connectivity index is 1.22. The quantitative estimate of drug-likeness (QED) is 0.373. The number of nitrogens with zero attached hydrogens (tertiary/aromatic N) is 7. The highest BCUT2D eigenvalue weighted by Crippen LogP contribution is 2.30. The fourth-order valence-corrected chi connectivity index (χ4v) is 4.52. The number of para-hydroxylation sites is 1. The molecule has 0 aliphatic carbocycles. The van der Waals surface area contributed by atoms with Gasteiger partial charge >= 0.3 is 0 Å². The number of hydrogen-bond donors (Lipinski definition) is 0. The van der Waals surface area contributed by atoms with Gasteiger partial charge in [0.25, 0.3) is 0 Å². The van der Waals surface area contributed by atoms with Crippen LogP contribution in [0.5, 0.6) is 0 Å². The van der Waals surface area contributed by atoms with Gasteiger partial charge in [-0.2, -0.15) is 4.98 Å². The van der Waals surface area contributed by atoms with E-state index in [-0.39, 0.29) is 6.04 Å². The van der Waals surface area contributed by atoms with Gasteiger partial charge in [-0.15, -0.1) is 0 Å². The van der Waals surface area contributed by atoms with Gasteiger partial charge in [0.05, 0.1) is 11.6 Å². The van der Waals surface area contributed by atoms with E-state index in [1.54, 1.807) is 12.4 Å². The highest BCUT2D eigenvalue weighted by atomic mass is 16.5. The van der Waals surface area contributed by atoms with Crippen LogP contribution in [0.1, 0.15) is 18.9 Å². The Morgan fingerprint density at radius 2 is 1.46 bits per heavy atom. The zero-order chi connectivity index (χ0) is 23.6. The first-order chi connectivity index (χ1) is 17.3. The van der Waals surface area contributed by atoms with E-state index in [1.165, 1.54) is 0 Å². The van der Waals surface area contributed by atoms with E-state index in [2.05, 4.69) is 37.9 Å². The third-order valence-electron chi connectivity index (χ3n) is 6.51. The van der Waals surface area contributed by atoms with Crippen molar-refractivity contribution >= 4 is 16.7 Å². The lowest BCUT2D eigenvalue weighted by atomic mass is 10.1. The number of rotatable bonds is 5. The smallest absolute Gasteiger partial charge is 0.244 e. The van der Waals surface area contributed by atoms with E-state index in [1.807, 2.05) is 60.7 Å². The fraction of sp³-hybridized carbons (Fsp3) is 0.222. The van der Waals surface area contributed by atoms with Gasteiger partial charge < -0.3 is 9.42 Å². The SMILES string of the molecule is CC(c1nc(-c2ccccc2)no1)N1CCN(c2nc(-c3ccncc3)nc3ccccc23)CC1. The molecule has 0 N–H and O–H groups in total. The van der Waals surface area contributed by atoms with Gasteiger partial charge in [-0.3, -0.25) is 9.88 Å². The summed E-state index contributed by atoms with van der Waals surface area (Å²) in [6.45, 7) is 5.56. The molecule has 35 heavy (non-hydrogen) atoms.